The zero-order chi connectivity index (χ0) is 15.3. The van der Waals surface area contributed by atoms with Crippen LogP contribution in [0.5, 0.6) is 0 Å². The van der Waals surface area contributed by atoms with Crippen LogP contribution in [0.3, 0.4) is 0 Å². The Kier molecular flexibility index (Phi) is 6.51. The summed E-state index contributed by atoms with van der Waals surface area (Å²) in [5.74, 6) is 0.746. The molecule has 1 aliphatic carbocycles. The largest absolute Gasteiger partial charge is 0.316 e. The van der Waals surface area contributed by atoms with Gasteiger partial charge in [-0.2, -0.15) is 0 Å². The lowest BCUT2D eigenvalue weighted by molar-refractivity contribution is 0.0726. The highest BCUT2D eigenvalue weighted by Crippen LogP contribution is 2.25. The minimum atomic E-state index is 0.379. The maximum Gasteiger partial charge on any atom is 0.0113 e. The van der Waals surface area contributed by atoms with E-state index in [-0.39, 0.29) is 0 Å². The lowest BCUT2D eigenvalue weighted by Gasteiger charge is -2.41. The lowest BCUT2D eigenvalue weighted by Crippen LogP contribution is -2.52. The van der Waals surface area contributed by atoms with Crippen LogP contribution in [-0.2, 0) is 0 Å². The lowest BCUT2D eigenvalue weighted by atomic mass is 9.92. The van der Waals surface area contributed by atoms with Crippen molar-refractivity contribution in [1.29, 1.82) is 0 Å². The van der Waals surface area contributed by atoms with Crippen LogP contribution in [-0.4, -0.2) is 61.7 Å². The van der Waals surface area contributed by atoms with Gasteiger partial charge in [-0.25, -0.2) is 0 Å². The normalized spacial score (nSPS) is 23.3. The Morgan fingerprint density at radius 3 is 2.24 bits per heavy atom. The van der Waals surface area contributed by atoms with Gasteiger partial charge in [0.05, 0.1) is 0 Å². The predicted molar refractivity (Wildman–Crippen MR) is 91.8 cm³/mol. The summed E-state index contributed by atoms with van der Waals surface area (Å²) >= 11 is 0. The molecule has 1 aliphatic heterocycles. The summed E-state index contributed by atoms with van der Waals surface area (Å²) in [6.45, 7) is 18.0. The van der Waals surface area contributed by atoms with Crippen LogP contribution in [0.15, 0.2) is 0 Å². The van der Waals surface area contributed by atoms with Gasteiger partial charge in [0.15, 0.2) is 0 Å². The van der Waals surface area contributed by atoms with Gasteiger partial charge in [-0.15, -0.1) is 0 Å². The Morgan fingerprint density at radius 2 is 1.67 bits per heavy atom. The quantitative estimate of drug-likeness (QED) is 0.779. The van der Waals surface area contributed by atoms with Crippen molar-refractivity contribution >= 4 is 0 Å². The Balaban J connectivity index is 1.67. The molecule has 21 heavy (non-hydrogen) atoms. The second-order valence-corrected chi connectivity index (χ2v) is 8.44. The van der Waals surface area contributed by atoms with Crippen molar-refractivity contribution in [2.75, 3.05) is 45.8 Å². The van der Waals surface area contributed by atoms with E-state index >= 15 is 0 Å². The highest BCUT2D eigenvalue weighted by molar-refractivity contribution is 4.84. The molecule has 3 heteroatoms. The number of rotatable bonds is 7. The topological polar surface area (TPSA) is 18.5 Å². The van der Waals surface area contributed by atoms with Gasteiger partial charge in [0.25, 0.3) is 0 Å². The average molecular weight is 296 g/mol. The molecule has 124 valence electrons. The first kappa shape index (κ1) is 17.2. The monoisotopic (exact) mass is 295 g/mol. The van der Waals surface area contributed by atoms with Crippen LogP contribution in [0.2, 0.25) is 0 Å². The Hall–Kier alpha value is -0.120. The fraction of sp³-hybridized carbons (Fsp3) is 1.00. The molecular formula is C18H37N3. The smallest absolute Gasteiger partial charge is 0.0113 e. The first-order valence-corrected chi connectivity index (χ1v) is 9.13. The van der Waals surface area contributed by atoms with Crippen molar-refractivity contribution in [2.24, 2.45) is 11.3 Å². The second-order valence-electron chi connectivity index (χ2n) is 8.44. The van der Waals surface area contributed by atoms with Crippen molar-refractivity contribution in [3.05, 3.63) is 0 Å². The standard InChI is InChI=1S/C18H37N3/c1-16(2)13-19-14-18(3,4)15-20-9-11-21(12-10-20)17-7-5-6-8-17/h16-17,19H,5-15H2,1-4H3. The number of hydrogen-bond acceptors (Lipinski definition) is 3. The minimum absolute atomic E-state index is 0.379. The number of piperazine rings is 1. The molecule has 0 spiro atoms. The van der Waals surface area contributed by atoms with Gasteiger partial charge in [-0.3, -0.25) is 4.90 Å². The van der Waals surface area contributed by atoms with Crippen LogP contribution in [0, 0.1) is 11.3 Å². The molecule has 1 saturated heterocycles. The van der Waals surface area contributed by atoms with Gasteiger partial charge in [0.1, 0.15) is 0 Å². The first-order chi connectivity index (χ1) is 9.96. The van der Waals surface area contributed by atoms with Gasteiger partial charge in [0.2, 0.25) is 0 Å². The van der Waals surface area contributed by atoms with Gasteiger partial charge in [-0.1, -0.05) is 40.5 Å². The summed E-state index contributed by atoms with van der Waals surface area (Å²) in [5.41, 5.74) is 0.379. The summed E-state index contributed by atoms with van der Waals surface area (Å²) in [6, 6.07) is 0.910. The zero-order valence-corrected chi connectivity index (χ0v) is 14.8. The summed E-state index contributed by atoms with van der Waals surface area (Å²) in [6.07, 6.45) is 5.81. The van der Waals surface area contributed by atoms with Crippen LogP contribution in [0.4, 0.5) is 0 Å². The Morgan fingerprint density at radius 1 is 1.05 bits per heavy atom. The molecule has 1 N–H and O–H groups in total. The molecule has 0 aromatic heterocycles. The van der Waals surface area contributed by atoms with Gasteiger partial charge in [0, 0.05) is 45.3 Å². The molecule has 0 radical (unpaired) electrons. The highest BCUT2D eigenvalue weighted by Gasteiger charge is 2.28. The third-order valence-corrected chi connectivity index (χ3v) is 5.06. The van der Waals surface area contributed by atoms with E-state index in [9.17, 15) is 0 Å². The molecule has 1 heterocycles. The van der Waals surface area contributed by atoms with E-state index in [4.69, 9.17) is 0 Å². The molecule has 0 bridgehead atoms. The number of hydrogen-bond donors (Lipinski definition) is 1. The van der Waals surface area contributed by atoms with E-state index in [2.05, 4.69) is 42.8 Å². The van der Waals surface area contributed by atoms with Crippen LogP contribution < -0.4 is 5.32 Å². The summed E-state index contributed by atoms with van der Waals surface area (Å²) in [4.78, 5) is 5.44. The molecule has 0 unspecified atom stereocenters. The van der Waals surface area contributed by atoms with Crippen LogP contribution >= 0.6 is 0 Å². The van der Waals surface area contributed by atoms with Gasteiger partial charge < -0.3 is 10.2 Å². The van der Waals surface area contributed by atoms with Gasteiger partial charge >= 0.3 is 0 Å². The van der Waals surface area contributed by atoms with Crippen molar-refractivity contribution in [1.82, 2.24) is 15.1 Å². The van der Waals surface area contributed by atoms with Crippen molar-refractivity contribution in [2.45, 2.75) is 59.4 Å². The fourth-order valence-corrected chi connectivity index (χ4v) is 3.92. The molecule has 0 aromatic rings. The summed E-state index contributed by atoms with van der Waals surface area (Å²) in [7, 11) is 0. The van der Waals surface area contributed by atoms with E-state index in [1.807, 2.05) is 0 Å². The van der Waals surface area contributed by atoms with E-state index in [0.29, 0.717) is 5.41 Å². The Bertz CT molecular complexity index is 287. The number of nitrogens with zero attached hydrogens (tertiary/aromatic N) is 2. The second kappa shape index (κ2) is 7.94. The van der Waals surface area contributed by atoms with E-state index in [1.54, 1.807) is 0 Å². The zero-order valence-electron chi connectivity index (χ0n) is 14.8. The molecule has 1 saturated carbocycles. The molecule has 3 nitrogen and oxygen atoms in total. The number of nitrogens with one attached hydrogen (secondary N) is 1. The Labute approximate surface area is 132 Å². The van der Waals surface area contributed by atoms with Crippen LogP contribution in [0.25, 0.3) is 0 Å². The van der Waals surface area contributed by atoms with Gasteiger partial charge in [-0.05, 0) is 30.7 Å². The van der Waals surface area contributed by atoms with Crippen LogP contribution in [0.1, 0.15) is 53.4 Å². The molecule has 0 atom stereocenters. The van der Waals surface area contributed by atoms with E-state index in [1.165, 1.54) is 58.4 Å². The minimum Gasteiger partial charge on any atom is -0.316 e. The predicted octanol–water partition coefficient (Wildman–Crippen LogP) is 2.82. The summed E-state index contributed by atoms with van der Waals surface area (Å²) < 4.78 is 0. The summed E-state index contributed by atoms with van der Waals surface area (Å²) in [5, 5.41) is 3.63. The maximum absolute atomic E-state index is 3.63. The van der Waals surface area contributed by atoms with E-state index in [0.717, 1.165) is 25.0 Å². The first-order valence-electron chi connectivity index (χ1n) is 9.13. The highest BCUT2D eigenvalue weighted by atomic mass is 15.3. The third-order valence-electron chi connectivity index (χ3n) is 5.06. The molecule has 2 fully saturated rings. The molecule has 2 aliphatic rings. The molecule has 0 aromatic carbocycles. The van der Waals surface area contributed by atoms with Crippen molar-refractivity contribution in [3.63, 3.8) is 0 Å². The van der Waals surface area contributed by atoms with E-state index < -0.39 is 0 Å². The SMILES string of the molecule is CC(C)CNCC(C)(C)CN1CCN(C2CCCC2)CC1. The molecule has 0 amide bonds. The molecule has 2 rings (SSSR count). The molecular weight excluding hydrogens is 258 g/mol. The fourth-order valence-electron chi connectivity index (χ4n) is 3.92. The third kappa shape index (κ3) is 5.88. The average Bonchev–Trinajstić information content (AvgIpc) is 2.92. The van der Waals surface area contributed by atoms with Crippen molar-refractivity contribution < 1.29 is 0 Å². The van der Waals surface area contributed by atoms with Crippen molar-refractivity contribution in [3.8, 4) is 0 Å². The maximum atomic E-state index is 3.63.